The van der Waals surface area contributed by atoms with Gasteiger partial charge in [0.25, 0.3) is 5.91 Å². The van der Waals surface area contributed by atoms with Crippen molar-refractivity contribution in [2.45, 2.75) is 27.2 Å². The molecule has 27 heavy (non-hydrogen) atoms. The minimum Gasteiger partial charge on any atom is -0.493 e. The summed E-state index contributed by atoms with van der Waals surface area (Å²) in [6.45, 7) is 6.29. The fourth-order valence-corrected chi connectivity index (χ4v) is 2.41. The van der Waals surface area contributed by atoms with Crippen LogP contribution in [0.1, 0.15) is 37.6 Å². The third kappa shape index (κ3) is 6.33. The number of rotatable bonds is 8. The number of nitrogens with one attached hydrogen (secondary N) is 2. The molecular formula is C21H26N2O4. The molecule has 0 unspecified atom stereocenters. The molecule has 2 aromatic carbocycles. The molecular weight excluding hydrogens is 344 g/mol. The lowest BCUT2D eigenvalue weighted by Gasteiger charge is -2.13. The largest absolute Gasteiger partial charge is 0.493 e. The Morgan fingerprint density at radius 2 is 1.70 bits per heavy atom. The predicted octanol–water partition coefficient (Wildman–Crippen LogP) is 4.33. The Labute approximate surface area is 159 Å². The predicted molar refractivity (Wildman–Crippen MR) is 107 cm³/mol. The minimum atomic E-state index is -0.276. The van der Waals surface area contributed by atoms with Gasteiger partial charge in [0, 0.05) is 23.9 Å². The molecule has 0 spiro atoms. The number of ether oxygens (including phenoxy) is 2. The van der Waals surface area contributed by atoms with Crippen molar-refractivity contribution in [1.82, 2.24) is 0 Å². The highest BCUT2D eigenvalue weighted by molar-refractivity contribution is 6.05. The monoisotopic (exact) mass is 370 g/mol. The van der Waals surface area contributed by atoms with Gasteiger partial charge in [-0.05, 0) is 48.7 Å². The van der Waals surface area contributed by atoms with Crippen molar-refractivity contribution in [3.8, 4) is 11.5 Å². The summed E-state index contributed by atoms with van der Waals surface area (Å²) in [6, 6.07) is 12.0. The van der Waals surface area contributed by atoms with E-state index in [1.54, 1.807) is 49.6 Å². The van der Waals surface area contributed by atoms with E-state index in [0.29, 0.717) is 41.0 Å². The van der Waals surface area contributed by atoms with Crippen molar-refractivity contribution in [3.63, 3.8) is 0 Å². The second-order valence-corrected chi connectivity index (χ2v) is 6.61. The third-order valence-electron chi connectivity index (χ3n) is 3.82. The maximum Gasteiger partial charge on any atom is 0.255 e. The van der Waals surface area contributed by atoms with Crippen LogP contribution in [-0.2, 0) is 4.79 Å². The smallest absolute Gasteiger partial charge is 0.255 e. The lowest BCUT2D eigenvalue weighted by Crippen LogP contribution is -2.13. The molecule has 144 valence electrons. The van der Waals surface area contributed by atoms with Crippen LogP contribution < -0.4 is 20.1 Å². The number of anilines is 2. The molecule has 0 saturated heterocycles. The fraction of sp³-hybridized carbons (Fsp3) is 0.333. The van der Waals surface area contributed by atoms with Crippen molar-refractivity contribution in [1.29, 1.82) is 0 Å². The fourth-order valence-electron chi connectivity index (χ4n) is 2.41. The zero-order valence-electron chi connectivity index (χ0n) is 16.2. The Kier molecular flexibility index (Phi) is 7.23. The molecule has 6 nitrogen and oxygen atoms in total. The number of carbonyl (C=O) groups excluding carboxylic acids is 2. The summed E-state index contributed by atoms with van der Waals surface area (Å²) in [5, 5.41) is 5.50. The van der Waals surface area contributed by atoms with Gasteiger partial charge in [0.15, 0.2) is 11.5 Å². The van der Waals surface area contributed by atoms with Crippen molar-refractivity contribution < 1.29 is 19.1 Å². The summed E-state index contributed by atoms with van der Waals surface area (Å²) >= 11 is 0. The molecule has 0 aromatic heterocycles. The first kappa shape index (κ1) is 20.3. The number of benzene rings is 2. The zero-order chi connectivity index (χ0) is 19.8. The van der Waals surface area contributed by atoms with Gasteiger partial charge in [0.1, 0.15) is 0 Å². The normalized spacial score (nSPS) is 10.4. The van der Waals surface area contributed by atoms with Crippen LogP contribution in [0.2, 0.25) is 0 Å². The van der Waals surface area contributed by atoms with Gasteiger partial charge in [-0.25, -0.2) is 0 Å². The quantitative estimate of drug-likeness (QED) is 0.725. The van der Waals surface area contributed by atoms with Crippen molar-refractivity contribution in [2.24, 2.45) is 5.92 Å². The number of amides is 2. The average molecular weight is 370 g/mol. The highest BCUT2D eigenvalue weighted by Crippen LogP contribution is 2.29. The standard InChI is InChI=1S/C21H26N2O4/c1-14(2)10-11-27-19-9-8-16(12-20(19)26-4)21(25)23-18-7-5-6-17(13-18)22-15(3)24/h5-9,12-14H,10-11H2,1-4H3,(H,22,24)(H,23,25). The Hall–Kier alpha value is -3.02. The number of hydrogen-bond donors (Lipinski definition) is 2. The van der Waals surface area contributed by atoms with E-state index in [-0.39, 0.29) is 11.8 Å². The maximum absolute atomic E-state index is 12.5. The molecule has 0 saturated carbocycles. The van der Waals surface area contributed by atoms with Gasteiger partial charge >= 0.3 is 0 Å². The Morgan fingerprint density at radius 3 is 2.33 bits per heavy atom. The highest BCUT2D eigenvalue weighted by Gasteiger charge is 2.12. The zero-order valence-corrected chi connectivity index (χ0v) is 16.2. The average Bonchev–Trinajstić information content (AvgIpc) is 2.61. The van der Waals surface area contributed by atoms with Crippen molar-refractivity contribution in [2.75, 3.05) is 24.4 Å². The molecule has 6 heteroatoms. The molecule has 2 aromatic rings. The molecule has 0 radical (unpaired) electrons. The van der Waals surface area contributed by atoms with Crippen LogP contribution in [0.15, 0.2) is 42.5 Å². The van der Waals surface area contributed by atoms with Crippen LogP contribution in [0, 0.1) is 5.92 Å². The van der Waals surface area contributed by atoms with Gasteiger partial charge in [0.2, 0.25) is 5.91 Å². The molecule has 0 fully saturated rings. The van der Waals surface area contributed by atoms with E-state index < -0.39 is 0 Å². The molecule has 2 rings (SSSR count). The maximum atomic E-state index is 12.5. The lowest BCUT2D eigenvalue weighted by atomic mass is 10.1. The molecule has 0 aliphatic rings. The van der Waals surface area contributed by atoms with Crippen LogP contribution in [0.25, 0.3) is 0 Å². The first-order valence-electron chi connectivity index (χ1n) is 8.89. The summed E-state index contributed by atoms with van der Waals surface area (Å²) in [4.78, 5) is 23.7. The second kappa shape index (κ2) is 9.62. The van der Waals surface area contributed by atoms with E-state index in [9.17, 15) is 9.59 Å². The summed E-state index contributed by atoms with van der Waals surface area (Å²) in [5.74, 6) is 1.23. The van der Waals surface area contributed by atoms with Gasteiger partial charge in [-0.1, -0.05) is 19.9 Å². The number of carbonyl (C=O) groups is 2. The number of methoxy groups -OCH3 is 1. The molecule has 2 amide bonds. The van der Waals surface area contributed by atoms with Gasteiger partial charge < -0.3 is 20.1 Å². The van der Waals surface area contributed by atoms with Crippen molar-refractivity contribution in [3.05, 3.63) is 48.0 Å². The van der Waals surface area contributed by atoms with E-state index in [0.717, 1.165) is 6.42 Å². The van der Waals surface area contributed by atoms with E-state index in [4.69, 9.17) is 9.47 Å². The summed E-state index contributed by atoms with van der Waals surface area (Å²) < 4.78 is 11.1. The van der Waals surface area contributed by atoms with E-state index in [2.05, 4.69) is 24.5 Å². The first-order chi connectivity index (χ1) is 12.9. The second-order valence-electron chi connectivity index (χ2n) is 6.61. The molecule has 0 heterocycles. The summed E-state index contributed by atoms with van der Waals surface area (Å²) in [7, 11) is 1.54. The van der Waals surface area contributed by atoms with Gasteiger partial charge in [-0.15, -0.1) is 0 Å². The molecule has 0 aliphatic carbocycles. The summed E-state index contributed by atoms with van der Waals surface area (Å²) in [6.07, 6.45) is 0.941. The van der Waals surface area contributed by atoms with Gasteiger partial charge in [0.05, 0.1) is 13.7 Å². The molecule has 0 aliphatic heterocycles. The van der Waals surface area contributed by atoms with Crippen LogP contribution in [0.4, 0.5) is 11.4 Å². The number of hydrogen-bond acceptors (Lipinski definition) is 4. The van der Waals surface area contributed by atoms with Gasteiger partial charge in [-0.3, -0.25) is 9.59 Å². The Morgan fingerprint density at radius 1 is 1.00 bits per heavy atom. The first-order valence-corrected chi connectivity index (χ1v) is 8.89. The molecule has 0 bridgehead atoms. The summed E-state index contributed by atoms with van der Waals surface area (Å²) in [5.41, 5.74) is 1.65. The van der Waals surface area contributed by atoms with E-state index in [1.807, 2.05) is 0 Å². The topological polar surface area (TPSA) is 76.7 Å². The van der Waals surface area contributed by atoms with Crippen LogP contribution in [0.5, 0.6) is 11.5 Å². The van der Waals surface area contributed by atoms with Crippen LogP contribution in [0.3, 0.4) is 0 Å². The molecule has 0 atom stereocenters. The lowest BCUT2D eigenvalue weighted by molar-refractivity contribution is -0.114. The Bertz CT molecular complexity index is 803. The van der Waals surface area contributed by atoms with E-state index in [1.165, 1.54) is 6.92 Å². The Balaban J connectivity index is 2.08. The van der Waals surface area contributed by atoms with Crippen LogP contribution in [-0.4, -0.2) is 25.5 Å². The third-order valence-corrected chi connectivity index (χ3v) is 3.82. The van der Waals surface area contributed by atoms with Crippen LogP contribution >= 0.6 is 0 Å². The van der Waals surface area contributed by atoms with E-state index >= 15 is 0 Å². The minimum absolute atomic E-state index is 0.170. The molecule has 2 N–H and O–H groups in total. The highest BCUT2D eigenvalue weighted by atomic mass is 16.5. The van der Waals surface area contributed by atoms with Gasteiger partial charge in [-0.2, -0.15) is 0 Å². The SMILES string of the molecule is COc1cc(C(=O)Nc2cccc(NC(C)=O)c2)ccc1OCCC(C)C. The van der Waals surface area contributed by atoms with Crippen molar-refractivity contribution >= 4 is 23.2 Å².